The molecule has 0 spiro atoms. The number of amides is 1. The molecule has 38 heavy (non-hydrogen) atoms. The van der Waals surface area contributed by atoms with Crippen LogP contribution in [-0.4, -0.2) is 74.3 Å². The molecule has 0 radical (unpaired) electrons. The summed E-state index contributed by atoms with van der Waals surface area (Å²) >= 11 is 0. The molecular weight excluding hydrogens is 490 g/mol. The number of aliphatic carboxylic acids is 1. The second kappa shape index (κ2) is 14.5. The van der Waals surface area contributed by atoms with E-state index in [-0.39, 0.29) is 36.8 Å². The Hall–Kier alpha value is -4.19. The highest BCUT2D eigenvalue weighted by molar-refractivity contribution is 6.40. The van der Waals surface area contributed by atoms with Crippen LogP contribution in [0.15, 0.2) is 47.5 Å². The van der Waals surface area contributed by atoms with E-state index in [9.17, 15) is 24.3 Å². The molecule has 12 heteroatoms. The standard InChI is InChI=1S/C26H35N7O5/c1-4-21(33-12-11-29-24(26(33)38)30-14-19(28)17(3)27)25(37)31-20(13-23(35)36)22(34)16-32(5-2)15-18-9-7-6-8-10-18/h6-12,20-21,27-28H,4-5,13-16H2,1-3H3,(H,29,30)(H,31,37)(H,35,36). The van der Waals surface area contributed by atoms with Crippen LogP contribution in [0.25, 0.3) is 0 Å². The lowest BCUT2D eigenvalue weighted by molar-refractivity contribution is -0.140. The van der Waals surface area contributed by atoms with E-state index in [4.69, 9.17) is 10.8 Å². The Labute approximate surface area is 221 Å². The largest absolute Gasteiger partial charge is 0.481 e. The first-order chi connectivity index (χ1) is 18.1. The summed E-state index contributed by atoms with van der Waals surface area (Å²) in [5.74, 6) is -2.44. The Bertz CT molecular complexity index is 1210. The van der Waals surface area contributed by atoms with Gasteiger partial charge < -0.3 is 26.6 Å². The summed E-state index contributed by atoms with van der Waals surface area (Å²) in [6.07, 6.45) is 2.25. The summed E-state index contributed by atoms with van der Waals surface area (Å²) < 4.78 is 1.15. The molecule has 1 heterocycles. The van der Waals surface area contributed by atoms with Gasteiger partial charge in [-0.25, -0.2) is 4.98 Å². The highest BCUT2D eigenvalue weighted by Gasteiger charge is 2.29. The molecular formula is C26H35N7O5. The maximum Gasteiger partial charge on any atom is 0.305 e. The van der Waals surface area contributed by atoms with Crippen molar-refractivity contribution >= 4 is 34.9 Å². The van der Waals surface area contributed by atoms with Crippen LogP contribution in [0.5, 0.6) is 0 Å². The number of hydrogen-bond donors (Lipinski definition) is 5. The van der Waals surface area contributed by atoms with Crippen LogP contribution in [0, 0.1) is 10.8 Å². The van der Waals surface area contributed by atoms with E-state index in [1.165, 1.54) is 19.3 Å². The smallest absolute Gasteiger partial charge is 0.305 e. The van der Waals surface area contributed by atoms with Gasteiger partial charge in [-0.15, -0.1) is 0 Å². The minimum absolute atomic E-state index is 0.0187. The third-order valence-corrected chi connectivity index (χ3v) is 5.94. The first-order valence-electron chi connectivity index (χ1n) is 12.3. The Morgan fingerprint density at radius 1 is 1.16 bits per heavy atom. The molecule has 12 nitrogen and oxygen atoms in total. The van der Waals surface area contributed by atoms with Gasteiger partial charge in [-0.2, -0.15) is 0 Å². The number of carboxylic acids is 1. The van der Waals surface area contributed by atoms with Crippen molar-refractivity contribution in [2.24, 2.45) is 0 Å². The van der Waals surface area contributed by atoms with Crippen molar-refractivity contribution in [1.82, 2.24) is 19.8 Å². The third kappa shape index (κ3) is 8.73. The van der Waals surface area contributed by atoms with Crippen molar-refractivity contribution in [3.63, 3.8) is 0 Å². The van der Waals surface area contributed by atoms with Gasteiger partial charge in [0.25, 0.3) is 5.56 Å². The van der Waals surface area contributed by atoms with Crippen molar-refractivity contribution in [1.29, 1.82) is 10.8 Å². The Morgan fingerprint density at radius 2 is 1.84 bits per heavy atom. The van der Waals surface area contributed by atoms with Crippen LogP contribution in [0.4, 0.5) is 5.82 Å². The first kappa shape index (κ1) is 30.0. The van der Waals surface area contributed by atoms with Gasteiger partial charge in [-0.05, 0) is 25.5 Å². The van der Waals surface area contributed by atoms with Crippen LogP contribution in [0.1, 0.15) is 45.2 Å². The first-order valence-corrected chi connectivity index (χ1v) is 12.3. The molecule has 2 atom stereocenters. The van der Waals surface area contributed by atoms with Gasteiger partial charge in [0.2, 0.25) is 5.91 Å². The molecule has 5 N–H and O–H groups in total. The average molecular weight is 526 g/mol. The Morgan fingerprint density at radius 3 is 2.42 bits per heavy atom. The lowest BCUT2D eigenvalue weighted by atomic mass is 10.1. The van der Waals surface area contributed by atoms with Crippen LogP contribution in [0.2, 0.25) is 0 Å². The van der Waals surface area contributed by atoms with E-state index < -0.39 is 41.7 Å². The fourth-order valence-corrected chi connectivity index (χ4v) is 3.74. The zero-order valence-electron chi connectivity index (χ0n) is 21.9. The number of likely N-dealkylation sites (N-methyl/N-ethyl adjacent to an activating group) is 1. The van der Waals surface area contributed by atoms with E-state index in [0.717, 1.165) is 10.1 Å². The van der Waals surface area contributed by atoms with Gasteiger partial charge in [-0.3, -0.25) is 28.6 Å². The van der Waals surface area contributed by atoms with Crippen LogP contribution in [-0.2, 0) is 20.9 Å². The average Bonchev–Trinajstić information content (AvgIpc) is 2.88. The van der Waals surface area contributed by atoms with E-state index in [0.29, 0.717) is 13.1 Å². The summed E-state index contributed by atoms with van der Waals surface area (Å²) in [4.78, 5) is 56.6. The molecule has 0 aliphatic carbocycles. The van der Waals surface area contributed by atoms with Crippen molar-refractivity contribution in [3.05, 3.63) is 58.6 Å². The molecule has 0 aliphatic heterocycles. The lowest BCUT2D eigenvalue weighted by Crippen LogP contribution is -2.49. The fourth-order valence-electron chi connectivity index (χ4n) is 3.74. The maximum atomic E-state index is 13.2. The maximum absolute atomic E-state index is 13.2. The number of anilines is 1. The molecule has 1 aromatic heterocycles. The summed E-state index contributed by atoms with van der Waals surface area (Å²) in [6, 6.07) is 7.24. The second-order valence-corrected chi connectivity index (χ2v) is 8.78. The SMILES string of the molecule is CCC(C(=O)NC(CC(=O)O)C(=O)CN(CC)Cc1ccccc1)n1ccnc(NCC(=N)C(C)=N)c1=O. The van der Waals surface area contributed by atoms with Crippen molar-refractivity contribution < 1.29 is 19.5 Å². The highest BCUT2D eigenvalue weighted by atomic mass is 16.4. The molecule has 0 saturated carbocycles. The Kier molecular flexibility index (Phi) is 11.5. The van der Waals surface area contributed by atoms with Gasteiger partial charge in [0.1, 0.15) is 6.04 Å². The summed E-state index contributed by atoms with van der Waals surface area (Å²) in [6.45, 7) is 5.92. The molecule has 204 valence electrons. The van der Waals surface area contributed by atoms with Crippen molar-refractivity contribution in [2.45, 2.75) is 52.2 Å². The van der Waals surface area contributed by atoms with Crippen LogP contribution >= 0.6 is 0 Å². The zero-order chi connectivity index (χ0) is 28.2. The predicted molar refractivity (Wildman–Crippen MR) is 144 cm³/mol. The second-order valence-electron chi connectivity index (χ2n) is 8.78. The number of aromatic nitrogens is 2. The summed E-state index contributed by atoms with van der Waals surface area (Å²) in [7, 11) is 0. The summed E-state index contributed by atoms with van der Waals surface area (Å²) in [5.41, 5.74) is 0.402. The molecule has 0 bridgehead atoms. The number of nitrogens with zero attached hydrogens (tertiary/aromatic N) is 3. The molecule has 2 aromatic rings. The van der Waals surface area contributed by atoms with Gasteiger partial charge in [0.15, 0.2) is 11.6 Å². The molecule has 2 rings (SSSR count). The van der Waals surface area contributed by atoms with Crippen LogP contribution < -0.4 is 16.2 Å². The van der Waals surface area contributed by atoms with Crippen molar-refractivity contribution in [2.75, 3.05) is 25.0 Å². The van der Waals surface area contributed by atoms with E-state index in [2.05, 4.69) is 15.6 Å². The number of nitrogens with one attached hydrogen (secondary N) is 4. The van der Waals surface area contributed by atoms with Crippen LogP contribution in [0.3, 0.4) is 0 Å². The van der Waals surface area contributed by atoms with Gasteiger partial charge in [0, 0.05) is 18.9 Å². The van der Waals surface area contributed by atoms with Gasteiger partial charge in [0.05, 0.1) is 37.0 Å². The molecule has 0 fully saturated rings. The zero-order valence-corrected chi connectivity index (χ0v) is 21.9. The topological polar surface area (TPSA) is 181 Å². The number of ketones is 1. The number of carboxylic acid groups (broad SMARTS) is 1. The minimum Gasteiger partial charge on any atom is -0.481 e. The highest BCUT2D eigenvalue weighted by Crippen LogP contribution is 2.12. The normalized spacial score (nSPS) is 12.4. The Balaban J connectivity index is 2.19. The number of rotatable bonds is 16. The van der Waals surface area contributed by atoms with E-state index in [1.54, 1.807) is 6.92 Å². The van der Waals surface area contributed by atoms with Gasteiger partial charge in [-0.1, -0.05) is 44.2 Å². The molecule has 0 aliphatic rings. The predicted octanol–water partition coefficient (Wildman–Crippen LogP) is 1.72. The molecule has 2 unspecified atom stereocenters. The van der Waals surface area contributed by atoms with E-state index in [1.807, 2.05) is 42.2 Å². The molecule has 0 saturated heterocycles. The minimum atomic E-state index is -1.27. The van der Waals surface area contributed by atoms with E-state index >= 15 is 0 Å². The number of carbonyl (C=O) groups is 3. The van der Waals surface area contributed by atoms with Crippen molar-refractivity contribution in [3.8, 4) is 0 Å². The quantitative estimate of drug-likeness (QED) is 0.205. The van der Waals surface area contributed by atoms with Gasteiger partial charge >= 0.3 is 5.97 Å². The monoisotopic (exact) mass is 525 g/mol. The third-order valence-electron chi connectivity index (χ3n) is 5.94. The fraction of sp³-hybridized carbons (Fsp3) is 0.423. The summed E-state index contributed by atoms with van der Waals surface area (Å²) in [5, 5.41) is 29.9. The molecule has 1 aromatic carbocycles. The molecule has 1 amide bonds. The number of Topliss-reactive ketones (excluding diaryl/α,β-unsaturated/α-hetero) is 1. The lowest BCUT2D eigenvalue weighted by Gasteiger charge is -2.25. The number of carbonyl (C=O) groups excluding carboxylic acids is 2. The number of hydrogen-bond acceptors (Lipinski definition) is 9. The number of benzene rings is 1.